The van der Waals surface area contributed by atoms with Gasteiger partial charge in [0.15, 0.2) is 0 Å². The van der Waals surface area contributed by atoms with Crippen LogP contribution in [0.2, 0.25) is 0 Å². The Bertz CT molecular complexity index is 1310. The summed E-state index contributed by atoms with van der Waals surface area (Å²) in [6.45, 7) is 4.49. The van der Waals surface area contributed by atoms with Crippen LogP contribution >= 0.6 is 7.37 Å². The predicted molar refractivity (Wildman–Crippen MR) is 146 cm³/mol. The van der Waals surface area contributed by atoms with Gasteiger partial charge in [-0.3, -0.25) is 0 Å². The van der Waals surface area contributed by atoms with Crippen LogP contribution in [0.1, 0.15) is 18.9 Å². The Morgan fingerprint density at radius 1 is 0.686 bits per heavy atom. The van der Waals surface area contributed by atoms with Gasteiger partial charge in [-0.05, 0) is 34.0 Å². The van der Waals surface area contributed by atoms with Crippen LogP contribution in [0.15, 0.2) is 115 Å². The molecular weight excluding hydrogens is 453 g/mol. The SMILES string of the molecule is CCC[NH2+]Cc1c2ccccc2cc2ccccc12.O.O=P([O-])(c1ccccc1)c1ccccc1. The average Bonchev–Trinajstić information content (AvgIpc) is 2.90. The highest BCUT2D eigenvalue weighted by atomic mass is 31.2. The summed E-state index contributed by atoms with van der Waals surface area (Å²) < 4.78 is 12.1. The number of nitrogens with two attached hydrogens (primary N) is 1. The number of hydrogen-bond donors (Lipinski definition) is 1. The molecule has 5 aromatic carbocycles. The van der Waals surface area contributed by atoms with Gasteiger partial charge >= 0.3 is 0 Å². The third-order valence-electron chi connectivity index (χ3n) is 5.92. The Labute approximate surface area is 207 Å². The molecule has 35 heavy (non-hydrogen) atoms. The zero-order valence-corrected chi connectivity index (χ0v) is 20.8. The molecule has 5 aromatic rings. The molecule has 0 aliphatic rings. The molecule has 180 valence electrons. The molecule has 0 aliphatic heterocycles. The Morgan fingerprint density at radius 2 is 1.11 bits per heavy atom. The normalized spacial score (nSPS) is 10.9. The lowest BCUT2D eigenvalue weighted by Gasteiger charge is -2.23. The smallest absolute Gasteiger partial charge is 0.102 e. The minimum atomic E-state index is -3.65. The van der Waals surface area contributed by atoms with Crippen LogP contribution in [0, 0.1) is 0 Å². The Hall–Kier alpha value is -3.27. The van der Waals surface area contributed by atoms with E-state index in [1.165, 1.54) is 40.1 Å². The van der Waals surface area contributed by atoms with Gasteiger partial charge in [-0.15, -0.1) is 0 Å². The second-order valence-electron chi connectivity index (χ2n) is 8.30. The van der Waals surface area contributed by atoms with Crippen LogP contribution < -0.4 is 20.8 Å². The molecule has 0 atom stereocenters. The lowest BCUT2D eigenvalue weighted by atomic mass is 9.97. The average molecular weight is 486 g/mol. The zero-order chi connectivity index (χ0) is 23.8. The second kappa shape index (κ2) is 12.4. The number of rotatable bonds is 6. The van der Waals surface area contributed by atoms with Gasteiger partial charge in [-0.2, -0.15) is 0 Å². The highest BCUT2D eigenvalue weighted by Crippen LogP contribution is 2.32. The molecule has 0 spiro atoms. The van der Waals surface area contributed by atoms with Crippen molar-refractivity contribution in [3.8, 4) is 0 Å². The molecule has 0 fully saturated rings. The van der Waals surface area contributed by atoms with Crippen molar-refractivity contribution in [3.63, 3.8) is 0 Å². The van der Waals surface area contributed by atoms with E-state index in [0.29, 0.717) is 10.6 Å². The van der Waals surface area contributed by atoms with Crippen LogP contribution in [-0.2, 0) is 11.1 Å². The highest BCUT2D eigenvalue weighted by molar-refractivity contribution is 7.72. The van der Waals surface area contributed by atoms with Crippen molar-refractivity contribution in [2.75, 3.05) is 6.54 Å². The van der Waals surface area contributed by atoms with Gasteiger partial charge in [0.05, 0.1) is 13.9 Å². The standard InChI is InChI=1S/C18H19N.C12H11O2P.H2O/c1-2-11-19-13-18-16-9-5-3-7-14(16)12-15-8-4-6-10-17(15)18;13-15(14,11-7-3-1-4-8-11)12-9-5-2-6-10-12;/h3-10,12,19H,2,11,13H2,1H3;1-10H,(H,13,14);1H2. The van der Waals surface area contributed by atoms with Crippen molar-refractivity contribution >= 4 is 39.5 Å². The van der Waals surface area contributed by atoms with Gasteiger partial charge in [0.1, 0.15) is 6.54 Å². The summed E-state index contributed by atoms with van der Waals surface area (Å²) in [7, 11) is -3.65. The summed E-state index contributed by atoms with van der Waals surface area (Å²) in [4.78, 5) is 12.1. The van der Waals surface area contributed by atoms with E-state index >= 15 is 0 Å². The van der Waals surface area contributed by atoms with E-state index in [1.54, 1.807) is 60.7 Å². The van der Waals surface area contributed by atoms with Gasteiger partial charge in [0.25, 0.3) is 0 Å². The van der Waals surface area contributed by atoms with E-state index in [0.717, 1.165) is 6.54 Å². The zero-order valence-electron chi connectivity index (χ0n) is 19.9. The van der Waals surface area contributed by atoms with Crippen molar-refractivity contribution in [3.05, 3.63) is 121 Å². The molecule has 0 aromatic heterocycles. The number of quaternary nitrogens is 1. The third kappa shape index (κ3) is 6.25. The number of hydrogen-bond acceptors (Lipinski definition) is 2. The van der Waals surface area contributed by atoms with Crippen molar-refractivity contribution in [1.82, 2.24) is 0 Å². The first kappa shape index (κ1) is 26.3. The van der Waals surface area contributed by atoms with Crippen LogP contribution in [0.4, 0.5) is 0 Å². The maximum absolute atomic E-state index is 12.1. The predicted octanol–water partition coefficient (Wildman–Crippen LogP) is 3.92. The molecule has 0 saturated carbocycles. The van der Waals surface area contributed by atoms with Gasteiger partial charge in [0.2, 0.25) is 0 Å². The van der Waals surface area contributed by atoms with E-state index in [1.807, 2.05) is 0 Å². The quantitative estimate of drug-likeness (QED) is 0.225. The fourth-order valence-corrected chi connectivity index (χ4v) is 5.60. The van der Waals surface area contributed by atoms with E-state index in [4.69, 9.17) is 0 Å². The topological polar surface area (TPSA) is 88.2 Å². The van der Waals surface area contributed by atoms with Crippen molar-refractivity contribution in [2.45, 2.75) is 19.9 Å². The maximum Gasteiger partial charge on any atom is 0.102 e. The van der Waals surface area contributed by atoms with Crippen LogP contribution in [-0.4, -0.2) is 12.0 Å². The van der Waals surface area contributed by atoms with E-state index < -0.39 is 7.37 Å². The van der Waals surface area contributed by atoms with Gasteiger partial charge < -0.3 is 20.3 Å². The molecule has 4 N–H and O–H groups in total. The van der Waals surface area contributed by atoms with Crippen molar-refractivity contribution in [2.24, 2.45) is 0 Å². The number of fused-ring (bicyclic) bond motifs is 2. The summed E-state index contributed by atoms with van der Waals surface area (Å²) >= 11 is 0. The maximum atomic E-state index is 12.1. The van der Waals surface area contributed by atoms with Crippen LogP contribution in [0.3, 0.4) is 0 Å². The first-order valence-electron chi connectivity index (χ1n) is 11.7. The summed E-state index contributed by atoms with van der Waals surface area (Å²) in [5.41, 5.74) is 1.47. The molecule has 0 saturated heterocycles. The van der Waals surface area contributed by atoms with Crippen LogP contribution in [0.5, 0.6) is 0 Å². The molecular formula is C30H32NO3P. The molecule has 5 rings (SSSR count). The minimum Gasteiger partial charge on any atom is -0.793 e. The van der Waals surface area contributed by atoms with Gasteiger partial charge in [-0.1, -0.05) is 116 Å². The molecule has 0 aliphatic carbocycles. The van der Waals surface area contributed by atoms with Crippen LogP contribution in [0.25, 0.3) is 21.5 Å². The number of benzene rings is 5. The molecule has 0 radical (unpaired) electrons. The van der Waals surface area contributed by atoms with Crippen molar-refractivity contribution < 1.29 is 20.3 Å². The molecule has 0 unspecified atom stereocenters. The molecule has 5 heteroatoms. The van der Waals surface area contributed by atoms with E-state index in [2.05, 4.69) is 66.8 Å². The first-order chi connectivity index (χ1) is 16.6. The molecule has 0 bridgehead atoms. The van der Waals surface area contributed by atoms with Crippen molar-refractivity contribution in [1.29, 1.82) is 0 Å². The summed E-state index contributed by atoms with van der Waals surface area (Å²) in [5.74, 6) is 0. The Morgan fingerprint density at radius 3 is 1.57 bits per heavy atom. The van der Waals surface area contributed by atoms with Gasteiger partial charge in [-0.25, -0.2) is 0 Å². The summed E-state index contributed by atoms with van der Waals surface area (Å²) in [5, 5.41) is 8.62. The van der Waals surface area contributed by atoms with Gasteiger partial charge in [0, 0.05) is 16.2 Å². The third-order valence-corrected chi connectivity index (χ3v) is 7.87. The fourth-order valence-electron chi connectivity index (χ4n) is 4.18. The monoisotopic (exact) mass is 485 g/mol. The summed E-state index contributed by atoms with van der Waals surface area (Å²) in [6.07, 6.45) is 1.22. The molecule has 0 heterocycles. The largest absolute Gasteiger partial charge is 0.793 e. The minimum absolute atomic E-state index is 0. The summed E-state index contributed by atoms with van der Waals surface area (Å²) in [6, 6.07) is 36.7. The lowest BCUT2D eigenvalue weighted by molar-refractivity contribution is -0.670. The fraction of sp³-hybridized carbons (Fsp3) is 0.133. The van der Waals surface area contributed by atoms with E-state index in [-0.39, 0.29) is 5.48 Å². The second-order valence-corrected chi connectivity index (χ2v) is 10.4. The Kier molecular flexibility index (Phi) is 9.36. The highest BCUT2D eigenvalue weighted by Gasteiger charge is 2.12. The molecule has 0 amide bonds. The molecule has 4 nitrogen and oxygen atoms in total. The Balaban J connectivity index is 0.000000195. The van der Waals surface area contributed by atoms with E-state index in [9.17, 15) is 9.46 Å². The lowest BCUT2D eigenvalue weighted by Crippen LogP contribution is -2.82. The first-order valence-corrected chi connectivity index (χ1v) is 13.4.